The molecule has 102 valence electrons. The minimum Gasteiger partial charge on any atom is -0.481 e. The molecule has 1 heterocycles. The number of rotatable bonds is 3. The van der Waals surface area contributed by atoms with E-state index in [1.54, 1.807) is 0 Å². The normalized spacial score (nSPS) is 11.5. The number of hydrogen-bond acceptors (Lipinski definition) is 3. The van der Waals surface area contributed by atoms with Gasteiger partial charge in [-0.25, -0.2) is 0 Å². The van der Waals surface area contributed by atoms with Crippen molar-refractivity contribution in [2.24, 2.45) is 5.73 Å². The lowest BCUT2D eigenvalue weighted by Gasteiger charge is -2.04. The molecule has 5 N–H and O–H groups in total. The Morgan fingerprint density at radius 3 is 2.47 bits per heavy atom. The van der Waals surface area contributed by atoms with Crippen LogP contribution in [-0.4, -0.2) is 33.2 Å². The first-order valence-corrected chi connectivity index (χ1v) is 5.64. The van der Waals surface area contributed by atoms with Crippen LogP contribution in [-0.2, 0) is 16.0 Å². The zero-order valence-electron chi connectivity index (χ0n) is 10.5. The maximum absolute atomic E-state index is 10.6. The summed E-state index contributed by atoms with van der Waals surface area (Å²) < 4.78 is 0. The van der Waals surface area contributed by atoms with E-state index in [4.69, 9.17) is 20.7 Å². The standard InChI is InChI=1S/C11H12N2O2.C2H4O2/c12-9(11(14)15)5-7-6-13-10-4-2-1-3-8(7)10;1-2(3)4/h1-4,6,9,13H,5,12H2,(H,14,15);1H3,(H,3,4). The second-order valence-corrected chi connectivity index (χ2v) is 4.03. The molecular weight excluding hydrogens is 248 g/mol. The number of aromatic amines is 1. The van der Waals surface area contributed by atoms with Crippen molar-refractivity contribution >= 4 is 22.8 Å². The van der Waals surface area contributed by atoms with Gasteiger partial charge in [-0.1, -0.05) is 18.2 Å². The average Bonchev–Trinajstić information content (AvgIpc) is 2.72. The molecule has 1 aromatic carbocycles. The van der Waals surface area contributed by atoms with Crippen LogP contribution >= 0.6 is 0 Å². The lowest BCUT2D eigenvalue weighted by atomic mass is 10.1. The number of carboxylic acid groups (broad SMARTS) is 2. The van der Waals surface area contributed by atoms with Gasteiger partial charge in [0.2, 0.25) is 0 Å². The molecule has 0 fully saturated rings. The highest BCUT2D eigenvalue weighted by Gasteiger charge is 2.14. The number of hydrogen-bond donors (Lipinski definition) is 4. The van der Waals surface area contributed by atoms with Crippen LogP contribution < -0.4 is 5.73 Å². The number of para-hydroxylation sites is 1. The first-order valence-electron chi connectivity index (χ1n) is 5.64. The molecule has 0 aliphatic carbocycles. The first-order chi connectivity index (χ1) is 8.91. The molecule has 1 atom stereocenters. The summed E-state index contributed by atoms with van der Waals surface area (Å²) in [6.45, 7) is 1.08. The zero-order chi connectivity index (χ0) is 14.4. The Morgan fingerprint density at radius 1 is 1.32 bits per heavy atom. The second kappa shape index (κ2) is 6.55. The summed E-state index contributed by atoms with van der Waals surface area (Å²) in [7, 11) is 0. The molecule has 0 aliphatic rings. The number of aliphatic carboxylic acids is 2. The molecule has 2 aromatic rings. The average molecular weight is 264 g/mol. The predicted octanol–water partition coefficient (Wildman–Crippen LogP) is 1.21. The SMILES string of the molecule is CC(=O)O.NC(Cc1c[nH]c2ccccc12)C(=O)O. The van der Waals surface area contributed by atoms with Crippen LogP contribution in [0, 0.1) is 0 Å². The number of nitrogens with one attached hydrogen (secondary N) is 1. The number of carboxylic acids is 2. The van der Waals surface area contributed by atoms with Crippen molar-refractivity contribution < 1.29 is 19.8 Å². The highest BCUT2D eigenvalue weighted by atomic mass is 16.4. The third-order valence-corrected chi connectivity index (χ3v) is 2.43. The molecule has 1 unspecified atom stereocenters. The van der Waals surface area contributed by atoms with Crippen molar-refractivity contribution in [3.05, 3.63) is 36.0 Å². The van der Waals surface area contributed by atoms with Gasteiger partial charge in [-0.3, -0.25) is 9.59 Å². The van der Waals surface area contributed by atoms with Crippen molar-refractivity contribution in [2.45, 2.75) is 19.4 Å². The molecule has 0 spiro atoms. The molecule has 0 bridgehead atoms. The van der Waals surface area contributed by atoms with Gasteiger partial charge >= 0.3 is 5.97 Å². The van der Waals surface area contributed by atoms with E-state index >= 15 is 0 Å². The Bertz CT molecular complexity index is 573. The van der Waals surface area contributed by atoms with E-state index in [0.717, 1.165) is 23.4 Å². The molecule has 2 rings (SSSR count). The number of carbonyl (C=O) groups is 2. The fourth-order valence-corrected chi connectivity index (χ4v) is 1.62. The Hall–Kier alpha value is -2.34. The van der Waals surface area contributed by atoms with Crippen LogP contribution in [0.25, 0.3) is 10.9 Å². The van der Waals surface area contributed by atoms with Gasteiger partial charge in [0.15, 0.2) is 0 Å². The summed E-state index contributed by atoms with van der Waals surface area (Å²) in [6, 6.07) is 6.91. The van der Waals surface area contributed by atoms with E-state index in [9.17, 15) is 4.79 Å². The Kier molecular flexibility index (Phi) is 5.08. The van der Waals surface area contributed by atoms with Crippen LogP contribution in [0.2, 0.25) is 0 Å². The van der Waals surface area contributed by atoms with Crippen LogP contribution in [0.1, 0.15) is 12.5 Å². The minimum atomic E-state index is -0.972. The topological polar surface area (TPSA) is 116 Å². The van der Waals surface area contributed by atoms with Crippen molar-refractivity contribution in [1.82, 2.24) is 4.98 Å². The van der Waals surface area contributed by atoms with Gasteiger partial charge in [0, 0.05) is 30.4 Å². The minimum absolute atomic E-state index is 0.347. The molecule has 1 aromatic heterocycles. The Balaban J connectivity index is 0.000000399. The van der Waals surface area contributed by atoms with Crippen LogP contribution in [0.3, 0.4) is 0 Å². The third-order valence-electron chi connectivity index (χ3n) is 2.43. The predicted molar refractivity (Wildman–Crippen MR) is 70.9 cm³/mol. The molecule has 6 nitrogen and oxygen atoms in total. The van der Waals surface area contributed by atoms with Crippen LogP contribution in [0.4, 0.5) is 0 Å². The Morgan fingerprint density at radius 2 is 1.89 bits per heavy atom. The third kappa shape index (κ3) is 4.44. The highest BCUT2D eigenvalue weighted by Crippen LogP contribution is 2.18. The fraction of sp³-hybridized carbons (Fsp3) is 0.231. The van der Waals surface area contributed by atoms with E-state index in [-0.39, 0.29) is 0 Å². The molecule has 0 saturated carbocycles. The summed E-state index contributed by atoms with van der Waals surface area (Å²) in [6.07, 6.45) is 2.16. The lowest BCUT2D eigenvalue weighted by molar-refractivity contribution is -0.138. The molecular formula is C13H16N2O4. The molecule has 19 heavy (non-hydrogen) atoms. The smallest absolute Gasteiger partial charge is 0.320 e. The second-order valence-electron chi connectivity index (χ2n) is 4.03. The molecule has 0 aliphatic heterocycles. The summed E-state index contributed by atoms with van der Waals surface area (Å²) in [5, 5.41) is 17.2. The quantitative estimate of drug-likeness (QED) is 0.665. The van der Waals surface area contributed by atoms with E-state index in [1.165, 1.54) is 0 Å². The van der Waals surface area contributed by atoms with Crippen molar-refractivity contribution in [2.75, 3.05) is 0 Å². The highest BCUT2D eigenvalue weighted by molar-refractivity contribution is 5.84. The Labute approximate surface area is 109 Å². The zero-order valence-corrected chi connectivity index (χ0v) is 10.5. The van der Waals surface area contributed by atoms with Crippen LogP contribution in [0.15, 0.2) is 30.5 Å². The van der Waals surface area contributed by atoms with Gasteiger partial charge in [0.05, 0.1) is 0 Å². The van der Waals surface area contributed by atoms with Gasteiger partial charge in [-0.2, -0.15) is 0 Å². The molecule has 6 heteroatoms. The largest absolute Gasteiger partial charge is 0.481 e. The monoisotopic (exact) mass is 264 g/mol. The van der Waals surface area contributed by atoms with Gasteiger partial charge in [0.1, 0.15) is 6.04 Å². The van der Waals surface area contributed by atoms with Crippen molar-refractivity contribution in [1.29, 1.82) is 0 Å². The van der Waals surface area contributed by atoms with E-state index in [0.29, 0.717) is 6.42 Å². The number of fused-ring (bicyclic) bond motifs is 1. The summed E-state index contributed by atoms with van der Waals surface area (Å²) in [5.74, 6) is -1.81. The number of aromatic nitrogens is 1. The van der Waals surface area contributed by atoms with Gasteiger partial charge in [-0.15, -0.1) is 0 Å². The summed E-state index contributed by atoms with van der Waals surface area (Å²) in [4.78, 5) is 22.7. The molecule has 0 radical (unpaired) electrons. The van der Waals surface area contributed by atoms with Crippen LogP contribution in [0.5, 0.6) is 0 Å². The van der Waals surface area contributed by atoms with E-state index in [1.807, 2.05) is 30.5 Å². The maximum Gasteiger partial charge on any atom is 0.320 e. The number of benzene rings is 1. The number of nitrogens with two attached hydrogens (primary N) is 1. The van der Waals surface area contributed by atoms with E-state index in [2.05, 4.69) is 4.98 Å². The van der Waals surface area contributed by atoms with Crippen molar-refractivity contribution in [3.8, 4) is 0 Å². The van der Waals surface area contributed by atoms with E-state index < -0.39 is 18.0 Å². The summed E-state index contributed by atoms with van der Waals surface area (Å²) in [5.41, 5.74) is 7.43. The fourth-order valence-electron chi connectivity index (χ4n) is 1.62. The summed E-state index contributed by atoms with van der Waals surface area (Å²) >= 11 is 0. The number of H-pyrrole nitrogens is 1. The molecule has 0 amide bonds. The first kappa shape index (κ1) is 14.7. The van der Waals surface area contributed by atoms with Gasteiger partial charge in [0.25, 0.3) is 5.97 Å². The lowest BCUT2D eigenvalue weighted by Crippen LogP contribution is -2.32. The molecule has 0 saturated heterocycles. The van der Waals surface area contributed by atoms with Crippen molar-refractivity contribution in [3.63, 3.8) is 0 Å². The van der Waals surface area contributed by atoms with Gasteiger partial charge < -0.3 is 20.9 Å². The maximum atomic E-state index is 10.6. The van der Waals surface area contributed by atoms with Gasteiger partial charge in [-0.05, 0) is 11.6 Å².